The summed E-state index contributed by atoms with van der Waals surface area (Å²) in [6.07, 6.45) is 1.10. The Balaban J connectivity index is 2.25. The first-order valence-corrected chi connectivity index (χ1v) is 5.94. The average Bonchev–Trinajstić information content (AvgIpc) is 2.24. The molecule has 94 valence electrons. The van der Waals surface area contributed by atoms with Gasteiger partial charge >= 0.3 is 6.03 Å². The molecule has 1 aromatic carbocycles. The Morgan fingerprint density at radius 1 is 1.53 bits per heavy atom. The predicted molar refractivity (Wildman–Crippen MR) is 69.4 cm³/mol. The van der Waals surface area contributed by atoms with E-state index in [9.17, 15) is 4.79 Å². The van der Waals surface area contributed by atoms with Crippen molar-refractivity contribution in [3.63, 3.8) is 0 Å². The second kappa shape index (κ2) is 7.14. The van der Waals surface area contributed by atoms with Gasteiger partial charge in [-0.3, -0.25) is 0 Å². The van der Waals surface area contributed by atoms with E-state index in [4.69, 9.17) is 16.7 Å². The van der Waals surface area contributed by atoms with Crippen LogP contribution in [-0.4, -0.2) is 23.8 Å². The lowest BCUT2D eigenvalue weighted by atomic mass is 10.2. The number of rotatable bonds is 5. The van der Waals surface area contributed by atoms with Crippen LogP contribution in [0.2, 0.25) is 5.02 Å². The molecule has 0 aliphatic heterocycles. The molecule has 2 amide bonds. The van der Waals surface area contributed by atoms with Gasteiger partial charge in [0.1, 0.15) is 0 Å². The van der Waals surface area contributed by atoms with Gasteiger partial charge < -0.3 is 15.7 Å². The molecule has 0 saturated heterocycles. The molecule has 0 spiro atoms. The highest BCUT2D eigenvalue weighted by Crippen LogP contribution is 2.14. The van der Waals surface area contributed by atoms with E-state index in [1.54, 1.807) is 31.2 Å². The Morgan fingerprint density at radius 2 is 2.29 bits per heavy atom. The molecule has 4 nitrogen and oxygen atoms in total. The van der Waals surface area contributed by atoms with E-state index in [0.717, 1.165) is 6.42 Å². The molecule has 0 bridgehead atoms. The Bertz CT molecular complexity index is 369. The molecule has 17 heavy (non-hydrogen) atoms. The van der Waals surface area contributed by atoms with E-state index in [2.05, 4.69) is 10.6 Å². The summed E-state index contributed by atoms with van der Waals surface area (Å²) in [6, 6.07) is 6.69. The van der Waals surface area contributed by atoms with Gasteiger partial charge in [-0.15, -0.1) is 0 Å². The fraction of sp³-hybridized carbons (Fsp3) is 0.417. The number of amides is 2. The number of hydrogen-bond donors (Lipinski definition) is 3. The quantitative estimate of drug-likeness (QED) is 0.709. The van der Waals surface area contributed by atoms with E-state index in [0.29, 0.717) is 23.7 Å². The highest BCUT2D eigenvalue weighted by molar-refractivity contribution is 6.30. The predicted octanol–water partition coefficient (Wildman–Crippen LogP) is 2.62. The standard InChI is InChI=1S/C12H17ClN2O2/c1-9(16)4-3-7-14-12(17)15-11-6-2-5-10(13)8-11/h2,5-6,8-9,16H,3-4,7H2,1H3,(H2,14,15,17). The van der Waals surface area contributed by atoms with Crippen LogP contribution in [0.3, 0.4) is 0 Å². The number of hydrogen-bond acceptors (Lipinski definition) is 2. The van der Waals surface area contributed by atoms with Crippen LogP contribution < -0.4 is 10.6 Å². The Labute approximate surface area is 106 Å². The maximum Gasteiger partial charge on any atom is 0.319 e. The Hall–Kier alpha value is -1.26. The first-order chi connectivity index (χ1) is 8.08. The SMILES string of the molecule is CC(O)CCCNC(=O)Nc1cccc(Cl)c1. The molecule has 1 atom stereocenters. The van der Waals surface area contributed by atoms with Gasteiger partial charge in [-0.1, -0.05) is 17.7 Å². The fourth-order valence-corrected chi connectivity index (χ4v) is 1.53. The van der Waals surface area contributed by atoms with Gasteiger partial charge in [0.15, 0.2) is 0 Å². The normalized spacial score (nSPS) is 11.9. The van der Waals surface area contributed by atoms with Crippen LogP contribution in [0.25, 0.3) is 0 Å². The number of aliphatic hydroxyl groups excluding tert-OH is 1. The van der Waals surface area contributed by atoms with Gasteiger partial charge in [0.05, 0.1) is 6.10 Å². The first-order valence-electron chi connectivity index (χ1n) is 5.56. The number of benzene rings is 1. The third-order valence-electron chi connectivity index (χ3n) is 2.17. The monoisotopic (exact) mass is 256 g/mol. The molecule has 1 unspecified atom stereocenters. The van der Waals surface area contributed by atoms with Gasteiger partial charge in [0.25, 0.3) is 0 Å². The van der Waals surface area contributed by atoms with Crippen molar-refractivity contribution >= 4 is 23.3 Å². The zero-order valence-corrected chi connectivity index (χ0v) is 10.5. The Kier molecular flexibility index (Phi) is 5.80. The van der Waals surface area contributed by atoms with Gasteiger partial charge in [-0.25, -0.2) is 4.79 Å². The van der Waals surface area contributed by atoms with Crippen molar-refractivity contribution < 1.29 is 9.90 Å². The van der Waals surface area contributed by atoms with Crippen molar-refractivity contribution in [3.05, 3.63) is 29.3 Å². The van der Waals surface area contributed by atoms with Crippen LogP contribution in [0.15, 0.2) is 24.3 Å². The second-order valence-corrected chi connectivity index (χ2v) is 4.32. The van der Waals surface area contributed by atoms with E-state index in [1.165, 1.54) is 0 Å². The lowest BCUT2D eigenvalue weighted by Crippen LogP contribution is -2.29. The molecular formula is C12H17ClN2O2. The van der Waals surface area contributed by atoms with Crippen molar-refractivity contribution in [2.45, 2.75) is 25.9 Å². The maximum absolute atomic E-state index is 11.4. The van der Waals surface area contributed by atoms with Gasteiger partial charge in [0.2, 0.25) is 0 Å². The summed E-state index contributed by atoms with van der Waals surface area (Å²) in [5, 5.41) is 15.0. The molecule has 3 N–H and O–H groups in total. The van der Waals surface area contributed by atoms with Crippen LogP contribution in [0.4, 0.5) is 10.5 Å². The van der Waals surface area contributed by atoms with Crippen LogP contribution in [0, 0.1) is 0 Å². The van der Waals surface area contributed by atoms with Crippen LogP contribution in [0.5, 0.6) is 0 Å². The van der Waals surface area contributed by atoms with Gasteiger partial charge in [-0.2, -0.15) is 0 Å². The molecule has 0 fully saturated rings. The van der Waals surface area contributed by atoms with Crippen molar-refractivity contribution in [1.29, 1.82) is 0 Å². The van der Waals surface area contributed by atoms with Gasteiger partial charge in [-0.05, 0) is 38.0 Å². The molecule has 5 heteroatoms. The molecule has 0 aliphatic rings. The number of carbonyl (C=O) groups excluding carboxylic acids is 1. The molecule has 0 heterocycles. The highest BCUT2D eigenvalue weighted by atomic mass is 35.5. The van der Waals surface area contributed by atoms with Crippen LogP contribution in [0.1, 0.15) is 19.8 Å². The van der Waals surface area contributed by atoms with Crippen molar-refractivity contribution in [1.82, 2.24) is 5.32 Å². The number of carbonyl (C=O) groups is 1. The minimum atomic E-state index is -0.326. The first kappa shape index (κ1) is 13.8. The Morgan fingerprint density at radius 3 is 2.94 bits per heavy atom. The third kappa shape index (κ3) is 6.14. The lowest BCUT2D eigenvalue weighted by Gasteiger charge is -2.08. The van der Waals surface area contributed by atoms with Crippen LogP contribution in [-0.2, 0) is 0 Å². The molecule has 0 saturated carbocycles. The minimum absolute atomic E-state index is 0.266. The van der Waals surface area contributed by atoms with E-state index in [1.807, 2.05) is 0 Å². The summed E-state index contributed by atoms with van der Waals surface area (Å²) < 4.78 is 0. The zero-order valence-electron chi connectivity index (χ0n) is 9.74. The average molecular weight is 257 g/mol. The summed E-state index contributed by atoms with van der Waals surface area (Å²) in [5.41, 5.74) is 0.658. The number of anilines is 1. The number of urea groups is 1. The largest absolute Gasteiger partial charge is 0.393 e. The minimum Gasteiger partial charge on any atom is -0.393 e. The summed E-state index contributed by atoms with van der Waals surface area (Å²) >= 11 is 5.79. The second-order valence-electron chi connectivity index (χ2n) is 3.88. The van der Waals surface area contributed by atoms with Gasteiger partial charge in [0, 0.05) is 17.3 Å². The summed E-state index contributed by atoms with van der Waals surface area (Å²) in [4.78, 5) is 11.4. The summed E-state index contributed by atoms with van der Waals surface area (Å²) in [6.45, 7) is 2.27. The number of aliphatic hydroxyl groups is 1. The number of nitrogens with one attached hydrogen (secondary N) is 2. The fourth-order valence-electron chi connectivity index (χ4n) is 1.34. The molecule has 0 radical (unpaired) electrons. The molecule has 1 aromatic rings. The summed E-state index contributed by atoms with van der Waals surface area (Å²) in [5.74, 6) is 0. The zero-order chi connectivity index (χ0) is 12.7. The summed E-state index contributed by atoms with van der Waals surface area (Å²) in [7, 11) is 0. The lowest BCUT2D eigenvalue weighted by molar-refractivity contribution is 0.181. The highest BCUT2D eigenvalue weighted by Gasteiger charge is 2.01. The van der Waals surface area contributed by atoms with E-state index in [-0.39, 0.29) is 12.1 Å². The van der Waals surface area contributed by atoms with Crippen LogP contribution >= 0.6 is 11.6 Å². The molecule has 0 aliphatic carbocycles. The van der Waals surface area contributed by atoms with Crippen molar-refractivity contribution in [2.24, 2.45) is 0 Å². The topological polar surface area (TPSA) is 61.4 Å². The molecule has 0 aromatic heterocycles. The smallest absolute Gasteiger partial charge is 0.319 e. The van der Waals surface area contributed by atoms with E-state index < -0.39 is 0 Å². The molecule has 1 rings (SSSR count). The van der Waals surface area contributed by atoms with Crippen molar-refractivity contribution in [3.8, 4) is 0 Å². The van der Waals surface area contributed by atoms with Crippen molar-refractivity contribution in [2.75, 3.05) is 11.9 Å². The van der Waals surface area contributed by atoms with E-state index >= 15 is 0 Å². The number of halogens is 1. The molecular weight excluding hydrogens is 240 g/mol. The third-order valence-corrected chi connectivity index (χ3v) is 2.40. The maximum atomic E-state index is 11.4.